The molecule has 2 aromatic carbocycles. The van der Waals surface area contributed by atoms with Crippen molar-refractivity contribution in [3.63, 3.8) is 0 Å². The molecule has 0 aliphatic carbocycles. The van der Waals surface area contributed by atoms with E-state index in [1.54, 1.807) is 0 Å². The molecular formula is C16H14ClN. The Morgan fingerprint density at radius 1 is 0.611 bits per heavy atom. The molecule has 0 unspecified atom stereocenters. The molecule has 3 aromatic rings. The van der Waals surface area contributed by atoms with Gasteiger partial charge >= 0.3 is 0 Å². The Labute approximate surface area is 113 Å². The first-order valence-corrected chi connectivity index (χ1v) is 5.73. The summed E-state index contributed by atoms with van der Waals surface area (Å²) in [5, 5.41) is 0. The second kappa shape index (κ2) is 5.56. The van der Waals surface area contributed by atoms with Crippen LogP contribution in [0.3, 0.4) is 0 Å². The largest absolute Gasteiger partial charge is 0.361 e. The van der Waals surface area contributed by atoms with Crippen LogP contribution in [0.15, 0.2) is 72.9 Å². The Bertz CT molecular complexity index is 545. The lowest BCUT2D eigenvalue weighted by Gasteiger charge is -2.04. The summed E-state index contributed by atoms with van der Waals surface area (Å²) >= 11 is 0. The molecule has 2 heteroatoms. The normalized spacial score (nSPS) is 9.78. The minimum atomic E-state index is 0. The van der Waals surface area contributed by atoms with E-state index < -0.39 is 0 Å². The smallest absolute Gasteiger partial charge is 0.0533 e. The molecule has 0 aliphatic heterocycles. The third kappa shape index (κ3) is 2.31. The highest BCUT2D eigenvalue weighted by Crippen LogP contribution is 2.30. The molecule has 0 amide bonds. The van der Waals surface area contributed by atoms with Crippen molar-refractivity contribution in [1.29, 1.82) is 0 Å². The summed E-state index contributed by atoms with van der Waals surface area (Å²) in [5.41, 5.74) is 4.89. The Balaban J connectivity index is 0.00000120. The van der Waals surface area contributed by atoms with Gasteiger partial charge in [0.1, 0.15) is 0 Å². The van der Waals surface area contributed by atoms with E-state index in [1.165, 1.54) is 22.4 Å². The van der Waals surface area contributed by atoms with Crippen molar-refractivity contribution in [2.75, 3.05) is 0 Å². The second-order valence-electron chi connectivity index (χ2n) is 4.00. The van der Waals surface area contributed by atoms with Crippen LogP contribution in [-0.2, 0) is 0 Å². The quantitative estimate of drug-likeness (QED) is 0.679. The number of nitrogens with one attached hydrogen (secondary N) is 1. The van der Waals surface area contributed by atoms with Gasteiger partial charge in [0.25, 0.3) is 0 Å². The lowest BCUT2D eigenvalue weighted by Crippen LogP contribution is -1.81. The van der Waals surface area contributed by atoms with E-state index in [1.807, 2.05) is 18.3 Å². The molecule has 1 N–H and O–H groups in total. The summed E-state index contributed by atoms with van der Waals surface area (Å²) in [7, 11) is 0. The van der Waals surface area contributed by atoms with E-state index in [0.29, 0.717) is 0 Å². The van der Waals surface area contributed by atoms with Gasteiger partial charge in [-0.2, -0.15) is 0 Å². The molecule has 0 radical (unpaired) electrons. The number of hydrogen-bond donors (Lipinski definition) is 1. The van der Waals surface area contributed by atoms with E-state index in [4.69, 9.17) is 0 Å². The van der Waals surface area contributed by atoms with Gasteiger partial charge in [0.15, 0.2) is 0 Å². The van der Waals surface area contributed by atoms with Gasteiger partial charge in [-0.3, -0.25) is 0 Å². The SMILES string of the molecule is Cl.c1ccc(-c2cc[nH]c2-c2ccccc2)cc1. The predicted molar refractivity (Wildman–Crippen MR) is 78.9 cm³/mol. The maximum atomic E-state index is 3.32. The summed E-state index contributed by atoms with van der Waals surface area (Å²) in [4.78, 5) is 3.32. The molecular weight excluding hydrogens is 242 g/mol. The Kier molecular flexibility index (Phi) is 3.85. The lowest BCUT2D eigenvalue weighted by atomic mass is 10.0. The molecule has 1 aromatic heterocycles. The molecule has 0 atom stereocenters. The average Bonchev–Trinajstić information content (AvgIpc) is 2.90. The Morgan fingerprint density at radius 3 is 1.78 bits per heavy atom. The van der Waals surface area contributed by atoms with E-state index in [2.05, 4.69) is 59.6 Å². The van der Waals surface area contributed by atoms with Crippen molar-refractivity contribution in [3.8, 4) is 22.4 Å². The van der Waals surface area contributed by atoms with Gasteiger partial charge in [-0.05, 0) is 17.2 Å². The van der Waals surface area contributed by atoms with Crippen LogP contribution in [0.5, 0.6) is 0 Å². The van der Waals surface area contributed by atoms with Crippen LogP contribution in [0.2, 0.25) is 0 Å². The minimum absolute atomic E-state index is 0. The van der Waals surface area contributed by atoms with Crippen LogP contribution in [0.1, 0.15) is 0 Å². The predicted octanol–water partition coefficient (Wildman–Crippen LogP) is 4.77. The number of aromatic nitrogens is 1. The van der Waals surface area contributed by atoms with Gasteiger partial charge in [0.05, 0.1) is 5.69 Å². The van der Waals surface area contributed by atoms with Crippen molar-refractivity contribution < 1.29 is 0 Å². The fourth-order valence-electron chi connectivity index (χ4n) is 2.07. The molecule has 1 nitrogen and oxygen atoms in total. The first kappa shape index (κ1) is 12.5. The summed E-state index contributed by atoms with van der Waals surface area (Å²) in [5.74, 6) is 0. The van der Waals surface area contributed by atoms with Gasteiger partial charge < -0.3 is 4.98 Å². The fraction of sp³-hybridized carbons (Fsp3) is 0. The van der Waals surface area contributed by atoms with Crippen molar-refractivity contribution in [1.82, 2.24) is 4.98 Å². The molecule has 3 rings (SSSR count). The number of H-pyrrole nitrogens is 1. The molecule has 18 heavy (non-hydrogen) atoms. The maximum Gasteiger partial charge on any atom is 0.0533 e. The third-order valence-corrected chi connectivity index (χ3v) is 2.89. The zero-order chi connectivity index (χ0) is 11.5. The van der Waals surface area contributed by atoms with Gasteiger partial charge in [0.2, 0.25) is 0 Å². The van der Waals surface area contributed by atoms with Crippen molar-refractivity contribution in [2.45, 2.75) is 0 Å². The van der Waals surface area contributed by atoms with Crippen LogP contribution in [0.4, 0.5) is 0 Å². The molecule has 0 saturated carbocycles. The van der Waals surface area contributed by atoms with Gasteiger partial charge in [0, 0.05) is 11.8 Å². The monoisotopic (exact) mass is 255 g/mol. The number of aromatic amines is 1. The van der Waals surface area contributed by atoms with Crippen LogP contribution in [0.25, 0.3) is 22.4 Å². The van der Waals surface area contributed by atoms with Crippen molar-refractivity contribution in [3.05, 3.63) is 72.9 Å². The van der Waals surface area contributed by atoms with Gasteiger partial charge in [-0.1, -0.05) is 60.7 Å². The Morgan fingerprint density at radius 2 is 1.17 bits per heavy atom. The highest BCUT2D eigenvalue weighted by atomic mass is 35.5. The maximum absolute atomic E-state index is 3.32. The zero-order valence-electron chi connectivity index (χ0n) is 9.84. The number of halogens is 1. The topological polar surface area (TPSA) is 15.8 Å². The molecule has 90 valence electrons. The first-order chi connectivity index (χ1) is 8.45. The molecule has 0 fully saturated rings. The van der Waals surface area contributed by atoms with Crippen molar-refractivity contribution in [2.24, 2.45) is 0 Å². The van der Waals surface area contributed by atoms with Crippen LogP contribution >= 0.6 is 12.4 Å². The number of benzene rings is 2. The molecule has 1 heterocycles. The molecule has 0 spiro atoms. The van der Waals surface area contributed by atoms with Crippen LogP contribution in [0, 0.1) is 0 Å². The summed E-state index contributed by atoms with van der Waals surface area (Å²) in [6, 6.07) is 23.0. The zero-order valence-corrected chi connectivity index (χ0v) is 10.7. The average molecular weight is 256 g/mol. The molecule has 0 aliphatic rings. The van der Waals surface area contributed by atoms with E-state index in [0.717, 1.165) is 0 Å². The Hall–Kier alpha value is -1.99. The summed E-state index contributed by atoms with van der Waals surface area (Å²) < 4.78 is 0. The van der Waals surface area contributed by atoms with Crippen molar-refractivity contribution >= 4 is 12.4 Å². The first-order valence-electron chi connectivity index (χ1n) is 5.73. The van der Waals surface area contributed by atoms with E-state index >= 15 is 0 Å². The standard InChI is InChI=1S/C16H13N.ClH/c1-3-7-13(8-4-1)15-11-12-17-16(15)14-9-5-2-6-10-14;/h1-12,17H;1H. The van der Waals surface area contributed by atoms with Gasteiger partial charge in [-0.15, -0.1) is 12.4 Å². The number of hydrogen-bond acceptors (Lipinski definition) is 0. The van der Waals surface area contributed by atoms with E-state index in [-0.39, 0.29) is 12.4 Å². The lowest BCUT2D eigenvalue weighted by molar-refractivity contribution is 1.40. The van der Waals surface area contributed by atoms with Crippen LogP contribution in [-0.4, -0.2) is 4.98 Å². The second-order valence-corrected chi connectivity index (χ2v) is 4.00. The fourth-order valence-corrected chi connectivity index (χ4v) is 2.07. The number of rotatable bonds is 2. The molecule has 0 saturated heterocycles. The third-order valence-electron chi connectivity index (χ3n) is 2.89. The van der Waals surface area contributed by atoms with Crippen LogP contribution < -0.4 is 0 Å². The summed E-state index contributed by atoms with van der Waals surface area (Å²) in [6.07, 6.45) is 1.99. The summed E-state index contributed by atoms with van der Waals surface area (Å²) in [6.45, 7) is 0. The van der Waals surface area contributed by atoms with Gasteiger partial charge in [-0.25, -0.2) is 0 Å². The van der Waals surface area contributed by atoms with E-state index in [9.17, 15) is 0 Å². The minimum Gasteiger partial charge on any atom is -0.361 e. The highest BCUT2D eigenvalue weighted by molar-refractivity contribution is 5.85. The highest BCUT2D eigenvalue weighted by Gasteiger charge is 2.07. The molecule has 0 bridgehead atoms.